The molecule has 102 valence electrons. The lowest BCUT2D eigenvalue weighted by molar-refractivity contribution is -0.188. The van der Waals surface area contributed by atoms with Crippen LogP contribution in [0.5, 0.6) is 0 Å². The average molecular weight is 252 g/mol. The molecule has 2 aliphatic carbocycles. The van der Waals surface area contributed by atoms with Crippen molar-refractivity contribution in [3.63, 3.8) is 0 Å². The van der Waals surface area contributed by atoms with Gasteiger partial charge < -0.3 is 9.47 Å². The van der Waals surface area contributed by atoms with Crippen molar-refractivity contribution in [2.24, 2.45) is 29.1 Å². The molecule has 3 aliphatic rings. The smallest absolute Gasteiger partial charge is 0.313 e. The van der Waals surface area contributed by atoms with Crippen LogP contribution in [0.1, 0.15) is 46.5 Å². The van der Waals surface area contributed by atoms with E-state index in [-0.39, 0.29) is 17.7 Å². The number of hydrogen-bond acceptors (Lipinski definition) is 3. The summed E-state index contributed by atoms with van der Waals surface area (Å²) in [6, 6.07) is 0. The minimum Gasteiger partial charge on any atom is -0.435 e. The first-order valence-corrected chi connectivity index (χ1v) is 7.35. The summed E-state index contributed by atoms with van der Waals surface area (Å²) in [5.74, 6) is 2.62. The van der Waals surface area contributed by atoms with E-state index in [0.29, 0.717) is 11.8 Å². The summed E-state index contributed by atoms with van der Waals surface area (Å²) >= 11 is 0. The van der Waals surface area contributed by atoms with Gasteiger partial charge in [-0.1, -0.05) is 6.92 Å². The molecule has 0 N–H and O–H groups in total. The van der Waals surface area contributed by atoms with E-state index >= 15 is 0 Å². The number of carbonyl (C=O) groups is 1. The maximum absolute atomic E-state index is 12.1. The van der Waals surface area contributed by atoms with Crippen molar-refractivity contribution in [1.29, 1.82) is 0 Å². The van der Waals surface area contributed by atoms with E-state index in [9.17, 15) is 4.79 Å². The van der Waals surface area contributed by atoms with Gasteiger partial charge in [0.2, 0.25) is 6.29 Å². The van der Waals surface area contributed by atoms with E-state index in [0.717, 1.165) is 24.9 Å². The molecule has 1 aliphatic heterocycles. The molecule has 0 spiro atoms. The minimum absolute atomic E-state index is 0.0987. The Hall–Kier alpha value is -0.570. The second-order valence-electron chi connectivity index (χ2n) is 6.92. The Bertz CT molecular complexity index is 350. The van der Waals surface area contributed by atoms with E-state index in [1.54, 1.807) is 0 Å². The van der Waals surface area contributed by atoms with E-state index in [1.807, 2.05) is 20.8 Å². The van der Waals surface area contributed by atoms with E-state index < -0.39 is 0 Å². The molecule has 3 nitrogen and oxygen atoms in total. The molecule has 5 unspecified atom stereocenters. The summed E-state index contributed by atoms with van der Waals surface area (Å²) in [5, 5.41) is 0. The number of fused-ring (bicyclic) bond motifs is 5. The minimum atomic E-state index is -0.390. The SMILES string of the molecule is CCC(C)(C)C(=O)OC1OCC2C3CCC(C3)C12. The van der Waals surface area contributed by atoms with Crippen LogP contribution in [0.2, 0.25) is 0 Å². The van der Waals surface area contributed by atoms with Gasteiger partial charge in [0.15, 0.2) is 0 Å². The molecule has 1 heterocycles. The van der Waals surface area contributed by atoms with Crippen molar-refractivity contribution in [3.8, 4) is 0 Å². The molecule has 2 bridgehead atoms. The number of carbonyl (C=O) groups excluding carboxylic acids is 1. The second-order valence-corrected chi connectivity index (χ2v) is 6.92. The molecular formula is C15H24O3. The molecule has 1 saturated heterocycles. The molecule has 0 amide bonds. The highest BCUT2D eigenvalue weighted by atomic mass is 16.7. The van der Waals surface area contributed by atoms with Gasteiger partial charge in [0.1, 0.15) is 0 Å². The fourth-order valence-corrected chi connectivity index (χ4v) is 3.97. The molecule has 2 saturated carbocycles. The first kappa shape index (κ1) is 12.5. The Morgan fingerprint density at radius 3 is 2.78 bits per heavy atom. The van der Waals surface area contributed by atoms with Crippen molar-refractivity contribution >= 4 is 5.97 Å². The molecule has 0 radical (unpaired) electrons. The normalized spacial score (nSPS) is 42.1. The van der Waals surface area contributed by atoms with Gasteiger partial charge in [0.25, 0.3) is 0 Å². The van der Waals surface area contributed by atoms with Gasteiger partial charge in [0.05, 0.1) is 12.0 Å². The zero-order valence-corrected chi connectivity index (χ0v) is 11.6. The first-order valence-electron chi connectivity index (χ1n) is 7.35. The third-order valence-electron chi connectivity index (χ3n) is 5.58. The van der Waals surface area contributed by atoms with Crippen molar-refractivity contribution < 1.29 is 14.3 Å². The van der Waals surface area contributed by atoms with Crippen LogP contribution in [0.15, 0.2) is 0 Å². The van der Waals surface area contributed by atoms with Crippen LogP contribution in [0.3, 0.4) is 0 Å². The van der Waals surface area contributed by atoms with Gasteiger partial charge in [-0.2, -0.15) is 0 Å². The molecule has 3 heteroatoms. The molecular weight excluding hydrogens is 228 g/mol. The summed E-state index contributed by atoms with van der Waals surface area (Å²) < 4.78 is 11.4. The molecule has 3 rings (SSSR count). The summed E-state index contributed by atoms with van der Waals surface area (Å²) in [4.78, 5) is 12.1. The Balaban J connectivity index is 1.66. The molecule has 0 aromatic rings. The predicted octanol–water partition coefficient (Wildman–Crippen LogP) is 2.98. The Morgan fingerprint density at radius 1 is 1.33 bits per heavy atom. The summed E-state index contributed by atoms with van der Waals surface area (Å²) in [6.07, 6.45) is 4.54. The monoisotopic (exact) mass is 252 g/mol. The molecule has 0 aromatic heterocycles. The highest BCUT2D eigenvalue weighted by Gasteiger charge is 2.56. The lowest BCUT2D eigenvalue weighted by atomic mass is 9.81. The van der Waals surface area contributed by atoms with Crippen molar-refractivity contribution in [1.82, 2.24) is 0 Å². The topological polar surface area (TPSA) is 35.5 Å². The van der Waals surface area contributed by atoms with Gasteiger partial charge in [-0.25, -0.2) is 0 Å². The first-order chi connectivity index (χ1) is 8.53. The van der Waals surface area contributed by atoms with Crippen LogP contribution >= 0.6 is 0 Å². The Labute approximate surface area is 109 Å². The van der Waals surface area contributed by atoms with Crippen molar-refractivity contribution in [2.45, 2.75) is 52.7 Å². The van der Waals surface area contributed by atoms with Crippen molar-refractivity contribution in [3.05, 3.63) is 0 Å². The maximum Gasteiger partial charge on any atom is 0.313 e. The van der Waals surface area contributed by atoms with Crippen LogP contribution in [-0.4, -0.2) is 18.9 Å². The standard InChI is InChI=1S/C15H24O3/c1-4-15(2,3)14(16)18-13-12-10-6-5-9(7-10)11(12)8-17-13/h9-13H,4-8H2,1-3H3. The van der Waals surface area contributed by atoms with Gasteiger partial charge >= 0.3 is 5.97 Å². The predicted molar refractivity (Wildman–Crippen MR) is 67.7 cm³/mol. The summed E-state index contributed by atoms with van der Waals surface area (Å²) in [6.45, 7) is 6.72. The third kappa shape index (κ3) is 1.78. The third-order valence-corrected chi connectivity index (χ3v) is 5.58. The number of ether oxygens (including phenoxy) is 2. The largest absolute Gasteiger partial charge is 0.435 e. The van der Waals surface area contributed by atoms with Gasteiger partial charge in [-0.15, -0.1) is 0 Å². The fraction of sp³-hybridized carbons (Fsp3) is 0.933. The Morgan fingerprint density at radius 2 is 2.06 bits per heavy atom. The van der Waals surface area contributed by atoms with Crippen LogP contribution in [0, 0.1) is 29.1 Å². The Kier molecular flexibility index (Phi) is 2.92. The number of esters is 1. The molecule has 3 fully saturated rings. The summed E-state index contributed by atoms with van der Waals surface area (Å²) in [5.41, 5.74) is -0.390. The van der Waals surface area contributed by atoms with E-state index in [4.69, 9.17) is 9.47 Å². The van der Waals surface area contributed by atoms with E-state index in [2.05, 4.69) is 0 Å². The zero-order valence-electron chi connectivity index (χ0n) is 11.6. The maximum atomic E-state index is 12.1. The van der Waals surface area contributed by atoms with E-state index in [1.165, 1.54) is 19.3 Å². The number of hydrogen-bond donors (Lipinski definition) is 0. The van der Waals surface area contributed by atoms with Crippen LogP contribution < -0.4 is 0 Å². The average Bonchev–Trinajstić information content (AvgIpc) is 3.01. The van der Waals surface area contributed by atoms with Gasteiger partial charge in [-0.3, -0.25) is 4.79 Å². The highest BCUT2D eigenvalue weighted by Crippen LogP contribution is 2.56. The molecule has 18 heavy (non-hydrogen) atoms. The molecule has 5 atom stereocenters. The van der Waals surface area contributed by atoms with Crippen LogP contribution in [-0.2, 0) is 14.3 Å². The van der Waals surface area contributed by atoms with Crippen LogP contribution in [0.25, 0.3) is 0 Å². The highest BCUT2D eigenvalue weighted by molar-refractivity contribution is 5.75. The summed E-state index contributed by atoms with van der Waals surface area (Å²) in [7, 11) is 0. The van der Waals surface area contributed by atoms with Crippen LogP contribution in [0.4, 0.5) is 0 Å². The van der Waals surface area contributed by atoms with Gasteiger partial charge in [-0.05, 0) is 57.3 Å². The lowest BCUT2D eigenvalue weighted by Crippen LogP contribution is -2.35. The fourth-order valence-electron chi connectivity index (χ4n) is 3.97. The zero-order chi connectivity index (χ0) is 12.9. The van der Waals surface area contributed by atoms with Crippen molar-refractivity contribution in [2.75, 3.05) is 6.61 Å². The lowest BCUT2D eigenvalue weighted by Gasteiger charge is -2.29. The molecule has 0 aromatic carbocycles. The number of rotatable bonds is 3. The van der Waals surface area contributed by atoms with Gasteiger partial charge in [0, 0.05) is 5.92 Å². The quantitative estimate of drug-likeness (QED) is 0.724. The second kappa shape index (κ2) is 4.22.